The highest BCUT2D eigenvalue weighted by Crippen LogP contribution is 2.31. The zero-order chi connectivity index (χ0) is 19.2. The fraction of sp³-hybridized carbons (Fsp3) is 0.333. The fourth-order valence-electron chi connectivity index (χ4n) is 3.26. The van der Waals surface area contributed by atoms with Crippen LogP contribution in [0.4, 0.5) is 0 Å². The van der Waals surface area contributed by atoms with Crippen molar-refractivity contribution in [3.63, 3.8) is 0 Å². The molecule has 0 heterocycles. The zero-order valence-corrected chi connectivity index (χ0v) is 16.9. The SMILES string of the molecule is CBc1ccc(OC(=O)C2CCC(C(=O)Oc3ccc(Br)cc3)CC2)cc1. The van der Waals surface area contributed by atoms with Gasteiger partial charge in [-0.3, -0.25) is 9.59 Å². The molecule has 3 rings (SSSR count). The lowest BCUT2D eigenvalue weighted by molar-refractivity contribution is -0.145. The first-order valence-corrected chi connectivity index (χ1v) is 10.1. The molecule has 0 spiro atoms. The monoisotopic (exact) mass is 428 g/mol. The lowest BCUT2D eigenvalue weighted by atomic mass is 9.73. The summed E-state index contributed by atoms with van der Waals surface area (Å²) in [6, 6.07) is 14.8. The van der Waals surface area contributed by atoms with Crippen LogP contribution in [0.5, 0.6) is 11.5 Å². The molecule has 6 heteroatoms. The average Bonchev–Trinajstić information content (AvgIpc) is 2.70. The maximum absolute atomic E-state index is 12.4. The van der Waals surface area contributed by atoms with Crippen LogP contribution in [0.3, 0.4) is 0 Å². The third kappa shape index (κ3) is 5.45. The van der Waals surface area contributed by atoms with Crippen molar-refractivity contribution in [1.29, 1.82) is 0 Å². The van der Waals surface area contributed by atoms with E-state index in [1.165, 1.54) is 5.46 Å². The number of rotatable bonds is 5. The van der Waals surface area contributed by atoms with Gasteiger partial charge in [-0.05, 0) is 62.1 Å². The van der Waals surface area contributed by atoms with E-state index in [0.29, 0.717) is 37.2 Å². The number of carbonyl (C=O) groups excluding carboxylic acids is 2. The highest BCUT2D eigenvalue weighted by Gasteiger charge is 2.32. The summed E-state index contributed by atoms with van der Waals surface area (Å²) < 4.78 is 11.9. The Morgan fingerprint density at radius 2 is 1.22 bits per heavy atom. The van der Waals surface area contributed by atoms with E-state index in [9.17, 15) is 9.59 Å². The first-order chi connectivity index (χ1) is 13.0. The van der Waals surface area contributed by atoms with E-state index >= 15 is 0 Å². The first kappa shape index (κ1) is 19.7. The maximum atomic E-state index is 12.4. The topological polar surface area (TPSA) is 52.6 Å². The van der Waals surface area contributed by atoms with Gasteiger partial charge in [0.1, 0.15) is 11.5 Å². The van der Waals surface area contributed by atoms with Crippen molar-refractivity contribution in [2.75, 3.05) is 0 Å². The average molecular weight is 429 g/mol. The van der Waals surface area contributed by atoms with Gasteiger partial charge >= 0.3 is 11.9 Å². The molecule has 140 valence electrons. The van der Waals surface area contributed by atoms with Crippen LogP contribution in [-0.4, -0.2) is 19.2 Å². The number of halogens is 1. The number of ether oxygens (including phenoxy) is 2. The van der Waals surface area contributed by atoms with Crippen LogP contribution in [0.1, 0.15) is 25.7 Å². The Balaban J connectivity index is 1.47. The van der Waals surface area contributed by atoms with Crippen molar-refractivity contribution in [1.82, 2.24) is 0 Å². The molecule has 0 N–H and O–H groups in total. The van der Waals surface area contributed by atoms with Crippen LogP contribution >= 0.6 is 15.9 Å². The summed E-state index contributed by atoms with van der Waals surface area (Å²) in [5, 5.41) is 0. The molecule has 2 aromatic rings. The molecule has 0 atom stereocenters. The minimum Gasteiger partial charge on any atom is -0.426 e. The van der Waals surface area contributed by atoms with Gasteiger partial charge in [0.2, 0.25) is 0 Å². The van der Waals surface area contributed by atoms with Crippen molar-refractivity contribution < 1.29 is 19.1 Å². The number of carbonyl (C=O) groups is 2. The molecule has 0 aliphatic heterocycles. The van der Waals surface area contributed by atoms with Gasteiger partial charge in [-0.1, -0.05) is 40.3 Å². The molecule has 4 nitrogen and oxygen atoms in total. The number of benzene rings is 2. The Labute approximate surface area is 168 Å². The highest BCUT2D eigenvalue weighted by atomic mass is 79.9. The smallest absolute Gasteiger partial charge is 0.314 e. The fourth-order valence-corrected chi connectivity index (χ4v) is 3.52. The zero-order valence-electron chi connectivity index (χ0n) is 15.3. The van der Waals surface area contributed by atoms with E-state index in [2.05, 4.69) is 22.8 Å². The first-order valence-electron chi connectivity index (χ1n) is 9.33. The van der Waals surface area contributed by atoms with Crippen LogP contribution in [-0.2, 0) is 9.59 Å². The molecule has 0 amide bonds. The van der Waals surface area contributed by atoms with E-state index in [-0.39, 0.29) is 23.8 Å². The van der Waals surface area contributed by atoms with Crippen LogP contribution in [0.25, 0.3) is 0 Å². The molecule has 0 bridgehead atoms. The predicted molar refractivity (Wildman–Crippen MR) is 110 cm³/mol. The Morgan fingerprint density at radius 1 is 0.815 bits per heavy atom. The number of esters is 2. The molecule has 0 unspecified atom stereocenters. The van der Waals surface area contributed by atoms with E-state index in [0.717, 1.165) is 11.8 Å². The van der Waals surface area contributed by atoms with Gasteiger partial charge in [0, 0.05) is 4.47 Å². The summed E-state index contributed by atoms with van der Waals surface area (Å²) in [6.45, 7) is 2.08. The van der Waals surface area contributed by atoms with Crippen molar-refractivity contribution in [2.24, 2.45) is 11.8 Å². The van der Waals surface area contributed by atoms with Gasteiger partial charge in [-0.15, -0.1) is 0 Å². The minimum absolute atomic E-state index is 0.160. The minimum atomic E-state index is -0.223. The lowest BCUT2D eigenvalue weighted by Crippen LogP contribution is -2.30. The van der Waals surface area contributed by atoms with E-state index in [1.54, 1.807) is 12.1 Å². The van der Waals surface area contributed by atoms with Gasteiger partial charge in [-0.25, -0.2) is 0 Å². The summed E-state index contributed by atoms with van der Waals surface area (Å²) in [5.74, 6) is 0.363. The summed E-state index contributed by atoms with van der Waals surface area (Å²) in [4.78, 5) is 24.7. The molecule has 1 saturated carbocycles. The second-order valence-electron chi connectivity index (χ2n) is 6.84. The summed E-state index contributed by atoms with van der Waals surface area (Å²) >= 11 is 3.35. The molecular weight excluding hydrogens is 407 g/mol. The van der Waals surface area contributed by atoms with Crippen LogP contribution in [0.15, 0.2) is 53.0 Å². The predicted octanol–water partition coefficient (Wildman–Crippen LogP) is 3.88. The molecule has 0 aromatic heterocycles. The molecule has 27 heavy (non-hydrogen) atoms. The quantitative estimate of drug-likeness (QED) is 0.412. The van der Waals surface area contributed by atoms with Crippen molar-refractivity contribution in [3.8, 4) is 11.5 Å². The molecule has 1 fully saturated rings. The largest absolute Gasteiger partial charge is 0.426 e. The normalized spacial score (nSPS) is 19.2. The molecule has 1 aliphatic rings. The van der Waals surface area contributed by atoms with Crippen molar-refractivity contribution in [3.05, 3.63) is 53.0 Å². The van der Waals surface area contributed by atoms with Crippen LogP contribution < -0.4 is 14.9 Å². The number of hydrogen-bond donors (Lipinski definition) is 0. The van der Waals surface area contributed by atoms with Gasteiger partial charge in [0.25, 0.3) is 0 Å². The maximum Gasteiger partial charge on any atom is 0.314 e. The third-order valence-corrected chi connectivity index (χ3v) is 5.50. The summed E-state index contributed by atoms with van der Waals surface area (Å²) in [7, 11) is 0.953. The van der Waals surface area contributed by atoms with Crippen LogP contribution in [0.2, 0.25) is 6.82 Å². The second kappa shape index (κ2) is 9.22. The van der Waals surface area contributed by atoms with Gasteiger partial charge in [-0.2, -0.15) is 0 Å². The summed E-state index contributed by atoms with van der Waals surface area (Å²) in [6.07, 6.45) is 2.58. The van der Waals surface area contributed by atoms with Gasteiger partial charge < -0.3 is 9.47 Å². The van der Waals surface area contributed by atoms with E-state index in [1.807, 2.05) is 36.4 Å². The highest BCUT2D eigenvalue weighted by molar-refractivity contribution is 9.10. The standard InChI is InChI=1S/C21H22BBrO4/c1-22-16-6-10-18(11-7-16)26-20(24)14-2-4-15(5-3-14)21(25)27-19-12-8-17(23)9-13-19/h6-15,22H,2-5H2,1H3. The van der Waals surface area contributed by atoms with Crippen molar-refractivity contribution in [2.45, 2.75) is 32.5 Å². The molecule has 0 radical (unpaired) electrons. The van der Waals surface area contributed by atoms with E-state index in [4.69, 9.17) is 9.47 Å². The van der Waals surface area contributed by atoms with Gasteiger partial charge in [0.15, 0.2) is 7.28 Å². The Kier molecular flexibility index (Phi) is 6.72. The Morgan fingerprint density at radius 3 is 1.63 bits per heavy atom. The molecular formula is C21H22BBrO4. The Hall–Kier alpha value is -2.08. The molecule has 1 aliphatic carbocycles. The third-order valence-electron chi connectivity index (χ3n) is 4.98. The molecule has 2 aromatic carbocycles. The second-order valence-corrected chi connectivity index (χ2v) is 7.76. The van der Waals surface area contributed by atoms with E-state index < -0.39 is 0 Å². The van der Waals surface area contributed by atoms with Crippen molar-refractivity contribution >= 4 is 40.6 Å². The van der Waals surface area contributed by atoms with Crippen LogP contribution in [0, 0.1) is 11.8 Å². The Bertz CT molecular complexity index is 781. The lowest BCUT2D eigenvalue weighted by Gasteiger charge is -2.25. The van der Waals surface area contributed by atoms with Gasteiger partial charge in [0.05, 0.1) is 11.8 Å². The number of hydrogen-bond acceptors (Lipinski definition) is 4. The molecule has 0 saturated heterocycles. The summed E-state index contributed by atoms with van der Waals surface area (Å²) in [5.41, 5.74) is 1.21.